The van der Waals surface area contributed by atoms with Crippen LogP contribution in [-0.4, -0.2) is 45.3 Å². The summed E-state index contributed by atoms with van der Waals surface area (Å²) >= 11 is 0. The van der Waals surface area contributed by atoms with Gasteiger partial charge in [-0.05, 0) is 18.9 Å². The van der Waals surface area contributed by atoms with Crippen molar-refractivity contribution in [3.05, 3.63) is 18.0 Å². The molecule has 1 N–H and O–H groups in total. The summed E-state index contributed by atoms with van der Waals surface area (Å²) in [5.41, 5.74) is 3.73. The highest BCUT2D eigenvalue weighted by atomic mass is 16.2. The van der Waals surface area contributed by atoms with E-state index in [-0.39, 0.29) is 18.2 Å². The molecule has 1 aromatic rings. The molecule has 3 rings (SSSR count). The second kappa shape index (κ2) is 5.07. The Hall–Kier alpha value is -2.18. The fourth-order valence-corrected chi connectivity index (χ4v) is 2.70. The monoisotopic (exact) mass is 275 g/mol. The molecule has 7 heteroatoms. The number of aromatic nitrogens is 2. The van der Waals surface area contributed by atoms with Crippen LogP contribution < -0.4 is 5.43 Å². The Morgan fingerprint density at radius 1 is 1.40 bits per heavy atom. The van der Waals surface area contributed by atoms with Crippen LogP contribution in [0.3, 0.4) is 0 Å². The molecule has 0 unspecified atom stereocenters. The van der Waals surface area contributed by atoms with Gasteiger partial charge in [0.2, 0.25) is 5.91 Å². The van der Waals surface area contributed by atoms with E-state index in [4.69, 9.17) is 0 Å². The maximum atomic E-state index is 12.2. The quantitative estimate of drug-likeness (QED) is 0.825. The number of carbonyl (C=O) groups is 2. The summed E-state index contributed by atoms with van der Waals surface area (Å²) in [5, 5.41) is 8.21. The van der Waals surface area contributed by atoms with E-state index in [2.05, 4.69) is 15.6 Å². The maximum Gasteiger partial charge on any atom is 0.270 e. The van der Waals surface area contributed by atoms with Crippen LogP contribution in [0.1, 0.15) is 30.9 Å². The minimum Gasteiger partial charge on any atom is -0.337 e. The lowest BCUT2D eigenvalue weighted by molar-refractivity contribution is -0.125. The molecule has 0 aromatic carbocycles. The summed E-state index contributed by atoms with van der Waals surface area (Å²) < 4.78 is 1.80. The Bertz CT molecular complexity index is 569. The van der Waals surface area contributed by atoms with E-state index < -0.39 is 0 Å². The Morgan fingerprint density at radius 3 is 2.70 bits per heavy atom. The molecule has 0 radical (unpaired) electrons. The molecule has 0 aliphatic carbocycles. The van der Waals surface area contributed by atoms with Gasteiger partial charge < -0.3 is 4.90 Å². The predicted molar refractivity (Wildman–Crippen MR) is 72.0 cm³/mol. The van der Waals surface area contributed by atoms with Gasteiger partial charge >= 0.3 is 0 Å². The molecule has 3 heterocycles. The van der Waals surface area contributed by atoms with Crippen molar-refractivity contribution in [3.63, 3.8) is 0 Å². The first-order chi connectivity index (χ1) is 9.63. The summed E-state index contributed by atoms with van der Waals surface area (Å²) in [6.07, 6.45) is 3.84. The lowest BCUT2D eigenvalue weighted by atomic mass is 9.93. The van der Waals surface area contributed by atoms with E-state index in [0.29, 0.717) is 24.7 Å². The Kier molecular flexibility index (Phi) is 3.25. The molecule has 2 aliphatic rings. The fourth-order valence-electron chi connectivity index (χ4n) is 2.70. The van der Waals surface area contributed by atoms with Gasteiger partial charge in [-0.1, -0.05) is 0 Å². The molecule has 106 valence electrons. The highest BCUT2D eigenvalue weighted by Crippen LogP contribution is 2.26. The number of nitrogens with one attached hydrogen (secondary N) is 1. The second-order valence-electron chi connectivity index (χ2n) is 5.25. The smallest absolute Gasteiger partial charge is 0.270 e. The average Bonchev–Trinajstić information content (AvgIpc) is 3.07. The lowest BCUT2D eigenvalue weighted by Crippen LogP contribution is -2.41. The maximum absolute atomic E-state index is 12.2. The summed E-state index contributed by atoms with van der Waals surface area (Å²) in [6, 6.07) is 2.03. The third-order valence-corrected chi connectivity index (χ3v) is 3.83. The van der Waals surface area contributed by atoms with Gasteiger partial charge in [0.15, 0.2) is 0 Å². The highest BCUT2D eigenvalue weighted by molar-refractivity contribution is 6.43. The second-order valence-corrected chi connectivity index (χ2v) is 5.25. The van der Waals surface area contributed by atoms with Crippen LogP contribution >= 0.6 is 0 Å². The summed E-state index contributed by atoms with van der Waals surface area (Å²) in [7, 11) is 1.91. The number of rotatable bonds is 2. The van der Waals surface area contributed by atoms with Crippen molar-refractivity contribution in [2.45, 2.75) is 25.2 Å². The fraction of sp³-hybridized carbons (Fsp3) is 0.538. The standard InChI is InChI=1S/C13H17N5O2/c1-17-5-4-10(16-17)9-2-6-18(7-3-9)13(20)11-8-12(19)15-14-11/h4-5,9H,2-3,6-8H2,1H3,(H,15,19). The van der Waals surface area contributed by atoms with Crippen LogP contribution in [0.4, 0.5) is 0 Å². The Morgan fingerprint density at radius 2 is 2.15 bits per heavy atom. The summed E-state index contributed by atoms with van der Waals surface area (Å²) in [4.78, 5) is 25.0. The summed E-state index contributed by atoms with van der Waals surface area (Å²) in [6.45, 7) is 1.38. The average molecular weight is 275 g/mol. The van der Waals surface area contributed by atoms with E-state index in [1.807, 2.05) is 19.3 Å². The summed E-state index contributed by atoms with van der Waals surface area (Å²) in [5.74, 6) is 0.0741. The van der Waals surface area contributed by atoms with Gasteiger partial charge in [0.1, 0.15) is 5.71 Å². The number of hydrogen-bond acceptors (Lipinski definition) is 4. The van der Waals surface area contributed by atoms with Gasteiger partial charge in [0.05, 0.1) is 12.1 Å². The number of hydrogen-bond donors (Lipinski definition) is 1. The number of nitrogens with zero attached hydrogens (tertiary/aromatic N) is 4. The van der Waals surface area contributed by atoms with Crippen LogP contribution in [-0.2, 0) is 16.6 Å². The van der Waals surface area contributed by atoms with Crippen molar-refractivity contribution < 1.29 is 9.59 Å². The topological polar surface area (TPSA) is 79.6 Å². The van der Waals surface area contributed by atoms with Gasteiger partial charge in [0.25, 0.3) is 5.91 Å². The van der Waals surface area contributed by atoms with Crippen LogP contribution in [0.15, 0.2) is 17.4 Å². The number of piperidine rings is 1. The first-order valence-electron chi connectivity index (χ1n) is 6.77. The first-order valence-corrected chi connectivity index (χ1v) is 6.77. The third kappa shape index (κ3) is 2.43. The van der Waals surface area contributed by atoms with Gasteiger partial charge in [0, 0.05) is 32.3 Å². The highest BCUT2D eigenvalue weighted by Gasteiger charge is 2.30. The molecular formula is C13H17N5O2. The molecule has 2 amide bonds. The number of hydrazone groups is 1. The number of aryl methyl sites for hydroxylation is 1. The molecule has 0 atom stereocenters. The molecule has 2 aliphatic heterocycles. The van der Waals surface area contributed by atoms with Crippen molar-refractivity contribution in [3.8, 4) is 0 Å². The molecular weight excluding hydrogens is 258 g/mol. The third-order valence-electron chi connectivity index (χ3n) is 3.83. The predicted octanol–water partition coefficient (Wildman–Crippen LogP) is 0.00200. The van der Waals surface area contributed by atoms with E-state index in [9.17, 15) is 9.59 Å². The zero-order valence-corrected chi connectivity index (χ0v) is 11.4. The molecule has 20 heavy (non-hydrogen) atoms. The van der Waals surface area contributed by atoms with E-state index >= 15 is 0 Å². The Balaban J connectivity index is 1.58. The molecule has 0 saturated carbocycles. The minimum atomic E-state index is -0.211. The molecule has 1 saturated heterocycles. The number of likely N-dealkylation sites (tertiary alicyclic amines) is 1. The molecule has 7 nitrogen and oxygen atoms in total. The lowest BCUT2D eigenvalue weighted by Gasteiger charge is -2.31. The largest absolute Gasteiger partial charge is 0.337 e. The molecule has 0 bridgehead atoms. The molecule has 1 aromatic heterocycles. The zero-order chi connectivity index (χ0) is 14.1. The van der Waals surface area contributed by atoms with Crippen molar-refractivity contribution in [1.29, 1.82) is 0 Å². The minimum absolute atomic E-state index is 0.0962. The van der Waals surface area contributed by atoms with Crippen LogP contribution in [0.2, 0.25) is 0 Å². The van der Waals surface area contributed by atoms with Crippen LogP contribution in [0, 0.1) is 0 Å². The Labute approximate surface area is 116 Å². The SMILES string of the molecule is Cn1ccc(C2CCN(C(=O)C3=NNC(=O)C3)CC2)n1. The zero-order valence-electron chi connectivity index (χ0n) is 11.4. The van der Waals surface area contributed by atoms with E-state index in [0.717, 1.165) is 18.5 Å². The van der Waals surface area contributed by atoms with Gasteiger partial charge in [-0.3, -0.25) is 14.3 Å². The van der Waals surface area contributed by atoms with Gasteiger partial charge in [-0.2, -0.15) is 10.2 Å². The molecule has 0 spiro atoms. The van der Waals surface area contributed by atoms with E-state index in [1.165, 1.54) is 0 Å². The van der Waals surface area contributed by atoms with Crippen molar-refractivity contribution in [1.82, 2.24) is 20.1 Å². The van der Waals surface area contributed by atoms with Crippen molar-refractivity contribution in [2.24, 2.45) is 12.1 Å². The van der Waals surface area contributed by atoms with E-state index in [1.54, 1.807) is 9.58 Å². The molecule has 1 fully saturated rings. The van der Waals surface area contributed by atoms with Crippen LogP contribution in [0.25, 0.3) is 0 Å². The first kappa shape index (κ1) is 12.8. The van der Waals surface area contributed by atoms with Crippen molar-refractivity contribution in [2.75, 3.05) is 13.1 Å². The number of carbonyl (C=O) groups excluding carboxylic acids is 2. The number of amides is 2. The normalized spacial score (nSPS) is 19.9. The van der Waals surface area contributed by atoms with Crippen molar-refractivity contribution >= 4 is 17.5 Å². The van der Waals surface area contributed by atoms with Crippen LogP contribution in [0.5, 0.6) is 0 Å². The van der Waals surface area contributed by atoms with Gasteiger partial charge in [-0.25, -0.2) is 5.43 Å². The van der Waals surface area contributed by atoms with Gasteiger partial charge in [-0.15, -0.1) is 0 Å².